The Labute approximate surface area is 119 Å². The molecular formula is C16H20ClNO. The summed E-state index contributed by atoms with van der Waals surface area (Å²) in [5.74, 6) is 0.309. The van der Waals surface area contributed by atoms with E-state index >= 15 is 0 Å². The largest absolute Gasteiger partial charge is 0.386 e. The van der Waals surface area contributed by atoms with Crippen LogP contribution in [0.3, 0.4) is 0 Å². The molecule has 2 rings (SSSR count). The number of pyridine rings is 1. The van der Waals surface area contributed by atoms with Gasteiger partial charge in [0.1, 0.15) is 0 Å². The van der Waals surface area contributed by atoms with Crippen molar-refractivity contribution in [3.8, 4) is 0 Å². The van der Waals surface area contributed by atoms with E-state index in [-0.39, 0.29) is 0 Å². The lowest BCUT2D eigenvalue weighted by atomic mass is 9.91. The molecule has 0 bridgehead atoms. The normalized spacial score (nSPS) is 12.4. The Kier molecular flexibility index (Phi) is 3.59. The highest BCUT2D eigenvalue weighted by molar-refractivity contribution is 6.32. The Morgan fingerprint density at radius 2 is 1.89 bits per heavy atom. The Balaban J connectivity index is 2.90. The fourth-order valence-electron chi connectivity index (χ4n) is 2.23. The SMILES string of the molecule is Cc1c(Cl)ccc2c(C(C)(C)O)cc(C(C)C)nc12. The van der Waals surface area contributed by atoms with E-state index in [1.807, 2.05) is 25.1 Å². The predicted molar refractivity (Wildman–Crippen MR) is 80.8 cm³/mol. The fourth-order valence-corrected chi connectivity index (χ4v) is 2.38. The van der Waals surface area contributed by atoms with E-state index in [1.165, 1.54) is 0 Å². The van der Waals surface area contributed by atoms with Crippen LogP contribution >= 0.6 is 11.6 Å². The van der Waals surface area contributed by atoms with Gasteiger partial charge < -0.3 is 5.11 Å². The van der Waals surface area contributed by atoms with Gasteiger partial charge in [0.05, 0.1) is 11.1 Å². The Bertz CT molecular complexity index is 627. The Morgan fingerprint density at radius 3 is 2.42 bits per heavy atom. The van der Waals surface area contributed by atoms with Gasteiger partial charge in [-0.3, -0.25) is 4.98 Å². The molecule has 2 nitrogen and oxygen atoms in total. The lowest BCUT2D eigenvalue weighted by Gasteiger charge is -2.22. The summed E-state index contributed by atoms with van der Waals surface area (Å²) in [7, 11) is 0. The molecule has 0 unspecified atom stereocenters. The summed E-state index contributed by atoms with van der Waals surface area (Å²) in [5.41, 5.74) is 2.84. The molecule has 1 heterocycles. The van der Waals surface area contributed by atoms with Crippen molar-refractivity contribution in [3.05, 3.63) is 40.0 Å². The lowest BCUT2D eigenvalue weighted by molar-refractivity contribution is 0.0800. The molecule has 0 saturated carbocycles. The highest BCUT2D eigenvalue weighted by Crippen LogP contribution is 2.33. The van der Waals surface area contributed by atoms with Gasteiger partial charge in [0, 0.05) is 16.1 Å². The maximum absolute atomic E-state index is 10.4. The molecule has 19 heavy (non-hydrogen) atoms. The van der Waals surface area contributed by atoms with Crippen molar-refractivity contribution in [1.82, 2.24) is 4.98 Å². The first-order chi connectivity index (χ1) is 8.71. The molecule has 0 saturated heterocycles. The van der Waals surface area contributed by atoms with E-state index in [1.54, 1.807) is 13.8 Å². The minimum atomic E-state index is -0.898. The first-order valence-electron chi connectivity index (χ1n) is 6.54. The van der Waals surface area contributed by atoms with Gasteiger partial charge in [-0.05, 0) is 49.9 Å². The molecule has 0 amide bonds. The monoisotopic (exact) mass is 277 g/mol. The molecule has 0 aliphatic carbocycles. The fraction of sp³-hybridized carbons (Fsp3) is 0.438. The van der Waals surface area contributed by atoms with Gasteiger partial charge >= 0.3 is 0 Å². The number of halogens is 1. The standard InChI is InChI=1S/C16H20ClNO/c1-9(2)14-8-12(16(4,5)19)11-6-7-13(17)10(3)15(11)18-14/h6-9,19H,1-5H3. The zero-order chi connectivity index (χ0) is 14.4. The summed E-state index contributed by atoms with van der Waals surface area (Å²) in [6.45, 7) is 9.77. The minimum Gasteiger partial charge on any atom is -0.386 e. The lowest BCUT2D eigenvalue weighted by Crippen LogP contribution is -2.17. The van der Waals surface area contributed by atoms with Crippen molar-refractivity contribution in [2.24, 2.45) is 0 Å². The first kappa shape index (κ1) is 14.3. The third-order valence-corrected chi connectivity index (χ3v) is 3.85. The van der Waals surface area contributed by atoms with Crippen LogP contribution in [0, 0.1) is 6.92 Å². The van der Waals surface area contributed by atoms with E-state index in [4.69, 9.17) is 16.6 Å². The summed E-state index contributed by atoms with van der Waals surface area (Å²) in [5, 5.41) is 12.1. The highest BCUT2D eigenvalue weighted by Gasteiger charge is 2.22. The van der Waals surface area contributed by atoms with E-state index in [0.29, 0.717) is 10.9 Å². The maximum atomic E-state index is 10.4. The second kappa shape index (κ2) is 4.77. The van der Waals surface area contributed by atoms with Gasteiger partial charge in [-0.1, -0.05) is 31.5 Å². The van der Waals surface area contributed by atoms with Crippen LogP contribution in [-0.4, -0.2) is 10.1 Å². The molecule has 1 aromatic heterocycles. The highest BCUT2D eigenvalue weighted by atomic mass is 35.5. The Hall–Kier alpha value is -1.12. The van der Waals surface area contributed by atoms with Crippen molar-refractivity contribution in [2.45, 2.75) is 46.1 Å². The quantitative estimate of drug-likeness (QED) is 0.874. The van der Waals surface area contributed by atoms with Crippen LogP contribution in [0.2, 0.25) is 5.02 Å². The second-order valence-electron chi connectivity index (χ2n) is 5.88. The molecule has 1 N–H and O–H groups in total. The molecule has 3 heteroatoms. The average molecular weight is 278 g/mol. The smallest absolute Gasteiger partial charge is 0.0847 e. The van der Waals surface area contributed by atoms with Crippen LogP contribution in [-0.2, 0) is 5.60 Å². The number of aromatic nitrogens is 1. The summed E-state index contributed by atoms with van der Waals surface area (Å²) in [6, 6.07) is 5.81. The van der Waals surface area contributed by atoms with Crippen LogP contribution in [0.1, 0.15) is 50.4 Å². The number of hydrogen-bond donors (Lipinski definition) is 1. The van der Waals surface area contributed by atoms with Gasteiger partial charge in [-0.2, -0.15) is 0 Å². The van der Waals surface area contributed by atoms with E-state index in [2.05, 4.69) is 13.8 Å². The predicted octanol–water partition coefficient (Wildman–Crippen LogP) is 4.55. The van der Waals surface area contributed by atoms with Gasteiger partial charge in [-0.25, -0.2) is 0 Å². The second-order valence-corrected chi connectivity index (χ2v) is 6.28. The number of fused-ring (bicyclic) bond motifs is 1. The maximum Gasteiger partial charge on any atom is 0.0847 e. The molecule has 0 spiro atoms. The molecule has 0 radical (unpaired) electrons. The van der Waals surface area contributed by atoms with Gasteiger partial charge in [0.15, 0.2) is 0 Å². The Morgan fingerprint density at radius 1 is 1.26 bits per heavy atom. The zero-order valence-corrected chi connectivity index (χ0v) is 12.8. The van der Waals surface area contributed by atoms with Crippen molar-refractivity contribution in [2.75, 3.05) is 0 Å². The van der Waals surface area contributed by atoms with Gasteiger partial charge in [0.2, 0.25) is 0 Å². The number of nitrogens with zero attached hydrogens (tertiary/aromatic N) is 1. The average Bonchev–Trinajstić information content (AvgIpc) is 2.31. The van der Waals surface area contributed by atoms with E-state index < -0.39 is 5.60 Å². The van der Waals surface area contributed by atoms with E-state index in [9.17, 15) is 5.11 Å². The van der Waals surface area contributed by atoms with Crippen LogP contribution in [0.25, 0.3) is 10.9 Å². The van der Waals surface area contributed by atoms with Crippen LogP contribution in [0.5, 0.6) is 0 Å². The number of hydrogen-bond acceptors (Lipinski definition) is 2. The molecule has 0 aliphatic rings. The van der Waals surface area contributed by atoms with Crippen molar-refractivity contribution >= 4 is 22.5 Å². The molecular weight excluding hydrogens is 258 g/mol. The van der Waals surface area contributed by atoms with Crippen LogP contribution < -0.4 is 0 Å². The van der Waals surface area contributed by atoms with Gasteiger partial charge in [0.25, 0.3) is 0 Å². The van der Waals surface area contributed by atoms with Crippen molar-refractivity contribution < 1.29 is 5.11 Å². The molecule has 0 aliphatic heterocycles. The minimum absolute atomic E-state index is 0.309. The number of aliphatic hydroxyl groups is 1. The first-order valence-corrected chi connectivity index (χ1v) is 6.92. The number of benzene rings is 1. The summed E-state index contributed by atoms with van der Waals surface area (Å²) in [6.07, 6.45) is 0. The van der Waals surface area contributed by atoms with Crippen molar-refractivity contribution in [3.63, 3.8) is 0 Å². The molecule has 1 aromatic carbocycles. The summed E-state index contributed by atoms with van der Waals surface area (Å²) in [4.78, 5) is 4.71. The van der Waals surface area contributed by atoms with Crippen molar-refractivity contribution in [1.29, 1.82) is 0 Å². The topological polar surface area (TPSA) is 33.1 Å². The summed E-state index contributed by atoms with van der Waals surface area (Å²) >= 11 is 6.18. The zero-order valence-electron chi connectivity index (χ0n) is 12.1. The van der Waals surface area contributed by atoms with E-state index in [0.717, 1.165) is 27.7 Å². The third-order valence-electron chi connectivity index (χ3n) is 3.44. The van der Waals surface area contributed by atoms with Crippen LogP contribution in [0.4, 0.5) is 0 Å². The number of aryl methyl sites for hydroxylation is 1. The summed E-state index contributed by atoms with van der Waals surface area (Å²) < 4.78 is 0. The molecule has 2 aromatic rings. The molecule has 0 atom stereocenters. The third kappa shape index (κ3) is 2.60. The number of rotatable bonds is 2. The molecule has 102 valence electrons. The van der Waals surface area contributed by atoms with Crippen LogP contribution in [0.15, 0.2) is 18.2 Å². The van der Waals surface area contributed by atoms with Gasteiger partial charge in [-0.15, -0.1) is 0 Å². The molecule has 0 fully saturated rings.